The second kappa shape index (κ2) is 5.98. The van der Waals surface area contributed by atoms with Crippen molar-refractivity contribution in [2.45, 2.75) is 37.8 Å². The third-order valence-corrected chi connectivity index (χ3v) is 3.89. The number of rotatable bonds is 3. The number of aliphatic hydroxyl groups excluding tert-OH is 1. The van der Waals surface area contributed by atoms with Gasteiger partial charge >= 0.3 is 0 Å². The van der Waals surface area contributed by atoms with Crippen LogP contribution >= 0.6 is 22.6 Å². The zero-order valence-corrected chi connectivity index (χ0v) is 11.5. The Morgan fingerprint density at radius 1 is 1.31 bits per heavy atom. The lowest BCUT2D eigenvalue weighted by molar-refractivity contribution is 0.144. The quantitative estimate of drug-likeness (QED) is 0.835. The highest BCUT2D eigenvalue weighted by molar-refractivity contribution is 14.1. The molecular weight excluding hydrogens is 313 g/mol. The zero-order valence-electron chi connectivity index (χ0n) is 9.32. The van der Waals surface area contributed by atoms with Crippen molar-refractivity contribution in [2.24, 2.45) is 0 Å². The van der Waals surface area contributed by atoms with Crippen LogP contribution < -0.4 is 5.32 Å². The first-order valence-corrected chi connectivity index (χ1v) is 7.00. The number of piperidine rings is 1. The number of hydrogen-bond donors (Lipinski definition) is 2. The minimum absolute atomic E-state index is 0.326. The van der Waals surface area contributed by atoms with Gasteiger partial charge in [0, 0.05) is 9.61 Å². The number of halogens is 1. The largest absolute Gasteiger partial charge is 0.388 e. The molecule has 2 rings (SSSR count). The maximum Gasteiger partial charge on any atom is 0.0804 e. The van der Waals surface area contributed by atoms with E-state index in [9.17, 15) is 5.11 Å². The van der Waals surface area contributed by atoms with Crippen LogP contribution in [0.3, 0.4) is 0 Å². The van der Waals surface area contributed by atoms with Crippen LogP contribution in [-0.4, -0.2) is 17.7 Å². The molecule has 0 aliphatic carbocycles. The molecular formula is C13H18INO. The lowest BCUT2D eigenvalue weighted by Gasteiger charge is -2.25. The number of hydrogen-bond acceptors (Lipinski definition) is 2. The molecule has 0 spiro atoms. The molecule has 2 N–H and O–H groups in total. The van der Waals surface area contributed by atoms with Crippen LogP contribution in [0.1, 0.15) is 37.4 Å². The van der Waals surface area contributed by atoms with Crippen LogP contribution in [0.4, 0.5) is 0 Å². The van der Waals surface area contributed by atoms with E-state index in [1.165, 1.54) is 22.8 Å². The first-order chi connectivity index (χ1) is 7.75. The number of aliphatic hydroxyl groups is 1. The van der Waals surface area contributed by atoms with E-state index >= 15 is 0 Å². The Bertz CT molecular complexity index is 319. The SMILES string of the molecule is OC(CC1CCCCN1)c1ccc(I)cc1. The molecule has 1 aromatic carbocycles. The molecule has 3 heteroatoms. The normalized spacial score (nSPS) is 23.0. The Hall–Kier alpha value is -0.130. The van der Waals surface area contributed by atoms with Gasteiger partial charge in [-0.25, -0.2) is 0 Å². The van der Waals surface area contributed by atoms with Crippen LogP contribution in [0.2, 0.25) is 0 Å². The van der Waals surface area contributed by atoms with Gasteiger partial charge in [-0.3, -0.25) is 0 Å². The molecule has 0 aromatic heterocycles. The summed E-state index contributed by atoms with van der Waals surface area (Å²) in [7, 11) is 0. The molecule has 1 heterocycles. The topological polar surface area (TPSA) is 32.3 Å². The van der Waals surface area contributed by atoms with E-state index in [0.717, 1.165) is 18.5 Å². The van der Waals surface area contributed by atoms with Gasteiger partial charge in [0.1, 0.15) is 0 Å². The Balaban J connectivity index is 1.91. The average Bonchev–Trinajstić information content (AvgIpc) is 2.31. The molecule has 1 aromatic rings. The van der Waals surface area contributed by atoms with Gasteiger partial charge in [-0.2, -0.15) is 0 Å². The van der Waals surface area contributed by atoms with E-state index in [1.54, 1.807) is 0 Å². The van der Waals surface area contributed by atoms with E-state index in [-0.39, 0.29) is 6.10 Å². The summed E-state index contributed by atoms with van der Waals surface area (Å²) in [5, 5.41) is 13.6. The molecule has 1 saturated heterocycles. The van der Waals surface area contributed by atoms with E-state index in [2.05, 4.69) is 27.9 Å². The Morgan fingerprint density at radius 2 is 2.06 bits per heavy atom. The highest BCUT2D eigenvalue weighted by Gasteiger charge is 2.17. The van der Waals surface area contributed by atoms with Crippen molar-refractivity contribution in [1.82, 2.24) is 5.32 Å². The maximum absolute atomic E-state index is 10.1. The second-order valence-electron chi connectivity index (χ2n) is 4.45. The lowest BCUT2D eigenvalue weighted by atomic mass is 9.96. The summed E-state index contributed by atoms with van der Waals surface area (Å²) in [6, 6.07) is 8.63. The summed E-state index contributed by atoms with van der Waals surface area (Å²) >= 11 is 2.28. The Morgan fingerprint density at radius 3 is 2.69 bits per heavy atom. The first-order valence-electron chi connectivity index (χ1n) is 5.92. The zero-order chi connectivity index (χ0) is 11.4. The predicted molar refractivity (Wildman–Crippen MR) is 74.4 cm³/mol. The van der Waals surface area contributed by atoms with Gasteiger partial charge in [-0.1, -0.05) is 18.6 Å². The summed E-state index contributed by atoms with van der Waals surface area (Å²) in [5.74, 6) is 0. The van der Waals surface area contributed by atoms with Gasteiger partial charge < -0.3 is 10.4 Å². The molecule has 2 nitrogen and oxygen atoms in total. The fourth-order valence-electron chi connectivity index (χ4n) is 2.22. The molecule has 0 amide bonds. The monoisotopic (exact) mass is 331 g/mol. The minimum atomic E-state index is -0.326. The van der Waals surface area contributed by atoms with Crippen molar-refractivity contribution in [3.8, 4) is 0 Å². The number of nitrogens with one attached hydrogen (secondary N) is 1. The van der Waals surface area contributed by atoms with Crippen LogP contribution in [0.15, 0.2) is 24.3 Å². The van der Waals surface area contributed by atoms with Crippen molar-refractivity contribution >= 4 is 22.6 Å². The van der Waals surface area contributed by atoms with Gasteiger partial charge in [-0.05, 0) is 66.1 Å². The molecule has 0 saturated carbocycles. The van der Waals surface area contributed by atoms with Gasteiger partial charge in [-0.15, -0.1) is 0 Å². The molecule has 2 atom stereocenters. The summed E-state index contributed by atoms with van der Waals surface area (Å²) in [5.41, 5.74) is 1.03. The van der Waals surface area contributed by atoms with E-state index in [0.29, 0.717) is 6.04 Å². The Kier molecular flexibility index (Phi) is 4.61. The minimum Gasteiger partial charge on any atom is -0.388 e. The highest BCUT2D eigenvalue weighted by atomic mass is 127. The standard InChI is InChI=1S/C13H18INO/c14-11-6-4-10(5-7-11)13(16)9-12-3-1-2-8-15-12/h4-7,12-13,15-16H,1-3,8-9H2. The smallest absolute Gasteiger partial charge is 0.0804 e. The van der Waals surface area contributed by atoms with E-state index in [1.807, 2.05) is 24.3 Å². The molecule has 88 valence electrons. The fraction of sp³-hybridized carbons (Fsp3) is 0.538. The van der Waals surface area contributed by atoms with E-state index < -0.39 is 0 Å². The van der Waals surface area contributed by atoms with Crippen LogP contribution in [0.25, 0.3) is 0 Å². The van der Waals surface area contributed by atoms with Crippen molar-refractivity contribution in [3.63, 3.8) is 0 Å². The molecule has 1 fully saturated rings. The first kappa shape index (κ1) is 12.3. The summed E-state index contributed by atoms with van der Waals surface area (Å²) < 4.78 is 1.21. The maximum atomic E-state index is 10.1. The Labute approximate surface area is 111 Å². The van der Waals surface area contributed by atoms with Crippen LogP contribution in [0.5, 0.6) is 0 Å². The summed E-state index contributed by atoms with van der Waals surface area (Å²) in [6.07, 6.45) is 4.27. The lowest BCUT2D eigenvalue weighted by Crippen LogP contribution is -2.35. The van der Waals surface area contributed by atoms with E-state index in [4.69, 9.17) is 0 Å². The van der Waals surface area contributed by atoms with Crippen molar-refractivity contribution in [3.05, 3.63) is 33.4 Å². The second-order valence-corrected chi connectivity index (χ2v) is 5.70. The molecule has 16 heavy (non-hydrogen) atoms. The fourth-order valence-corrected chi connectivity index (χ4v) is 2.58. The van der Waals surface area contributed by atoms with Gasteiger partial charge in [0.25, 0.3) is 0 Å². The van der Waals surface area contributed by atoms with Gasteiger partial charge in [0.05, 0.1) is 6.10 Å². The van der Waals surface area contributed by atoms with Crippen LogP contribution in [0, 0.1) is 3.57 Å². The van der Waals surface area contributed by atoms with Gasteiger partial charge in [0.2, 0.25) is 0 Å². The predicted octanol–water partition coefficient (Wildman–Crippen LogP) is 2.86. The van der Waals surface area contributed by atoms with Crippen molar-refractivity contribution in [1.29, 1.82) is 0 Å². The van der Waals surface area contributed by atoms with Crippen LogP contribution in [-0.2, 0) is 0 Å². The third-order valence-electron chi connectivity index (χ3n) is 3.17. The van der Waals surface area contributed by atoms with Crippen molar-refractivity contribution in [2.75, 3.05) is 6.54 Å². The van der Waals surface area contributed by atoms with Gasteiger partial charge in [0.15, 0.2) is 0 Å². The average molecular weight is 331 g/mol. The summed E-state index contributed by atoms with van der Waals surface area (Å²) in [4.78, 5) is 0. The highest BCUT2D eigenvalue weighted by Crippen LogP contribution is 2.22. The molecule has 1 aliphatic rings. The molecule has 0 radical (unpaired) electrons. The number of benzene rings is 1. The third kappa shape index (κ3) is 3.43. The van der Waals surface area contributed by atoms with Crippen molar-refractivity contribution < 1.29 is 5.11 Å². The molecule has 1 aliphatic heterocycles. The molecule has 0 bridgehead atoms. The summed E-state index contributed by atoms with van der Waals surface area (Å²) in [6.45, 7) is 1.10. The molecule has 2 unspecified atom stereocenters.